The van der Waals surface area contributed by atoms with E-state index in [1.165, 1.54) is 11.1 Å². The molecule has 0 heterocycles. The van der Waals surface area contributed by atoms with Crippen molar-refractivity contribution in [1.82, 2.24) is 0 Å². The summed E-state index contributed by atoms with van der Waals surface area (Å²) in [6.45, 7) is 2.10. The predicted molar refractivity (Wildman–Crippen MR) is 63.6 cm³/mol. The van der Waals surface area contributed by atoms with Crippen molar-refractivity contribution in [2.45, 2.75) is 18.9 Å². The number of allylic oxidation sites excluding steroid dienone is 2. The van der Waals surface area contributed by atoms with Gasteiger partial charge in [-0.2, -0.15) is 0 Å². The molecule has 0 aliphatic heterocycles. The van der Waals surface area contributed by atoms with E-state index in [0.717, 1.165) is 6.42 Å². The van der Waals surface area contributed by atoms with Crippen molar-refractivity contribution < 1.29 is 4.74 Å². The third kappa shape index (κ3) is 2.18. The van der Waals surface area contributed by atoms with Crippen LogP contribution in [0, 0.1) is 0 Å². The Balaban J connectivity index is 2.20. The number of methoxy groups -OCH3 is 1. The Hall–Kier alpha value is -1.34. The summed E-state index contributed by atoms with van der Waals surface area (Å²) in [5.74, 6) is 0. The molecule has 0 radical (unpaired) electrons. The second kappa shape index (κ2) is 4.03. The van der Waals surface area contributed by atoms with Crippen molar-refractivity contribution in [1.29, 1.82) is 0 Å². The van der Waals surface area contributed by atoms with E-state index < -0.39 is 0 Å². The van der Waals surface area contributed by atoms with Gasteiger partial charge in [0.2, 0.25) is 0 Å². The SMILES string of the molecule is COC1(C)C=CC(c2ccccc2)=CC1. The lowest BCUT2D eigenvalue weighted by atomic mass is 9.91. The largest absolute Gasteiger partial charge is 0.374 e. The van der Waals surface area contributed by atoms with Crippen molar-refractivity contribution in [3.63, 3.8) is 0 Å². The molecule has 78 valence electrons. The van der Waals surface area contributed by atoms with Crippen LogP contribution < -0.4 is 0 Å². The number of hydrogen-bond donors (Lipinski definition) is 0. The third-order valence-corrected chi connectivity index (χ3v) is 2.92. The zero-order valence-corrected chi connectivity index (χ0v) is 9.23. The Morgan fingerprint density at radius 2 is 1.93 bits per heavy atom. The highest BCUT2D eigenvalue weighted by Crippen LogP contribution is 2.28. The summed E-state index contributed by atoms with van der Waals surface area (Å²) >= 11 is 0. The maximum atomic E-state index is 5.43. The molecule has 0 aromatic heterocycles. The molecule has 1 nitrogen and oxygen atoms in total. The van der Waals surface area contributed by atoms with Crippen LogP contribution in [0.3, 0.4) is 0 Å². The fourth-order valence-electron chi connectivity index (χ4n) is 1.71. The Bertz CT molecular complexity index is 389. The summed E-state index contributed by atoms with van der Waals surface area (Å²) in [5.41, 5.74) is 2.43. The Morgan fingerprint density at radius 3 is 2.47 bits per heavy atom. The first-order chi connectivity index (χ1) is 7.23. The van der Waals surface area contributed by atoms with Crippen LogP contribution in [-0.4, -0.2) is 12.7 Å². The molecule has 0 N–H and O–H groups in total. The van der Waals surface area contributed by atoms with Gasteiger partial charge >= 0.3 is 0 Å². The molecule has 15 heavy (non-hydrogen) atoms. The molecule has 1 aliphatic carbocycles. The average Bonchev–Trinajstić information content (AvgIpc) is 2.31. The third-order valence-electron chi connectivity index (χ3n) is 2.92. The zero-order valence-electron chi connectivity index (χ0n) is 9.23. The van der Waals surface area contributed by atoms with Crippen LogP contribution in [0.25, 0.3) is 5.57 Å². The van der Waals surface area contributed by atoms with Gasteiger partial charge in [0, 0.05) is 7.11 Å². The smallest absolute Gasteiger partial charge is 0.0868 e. The van der Waals surface area contributed by atoms with E-state index >= 15 is 0 Å². The molecule has 0 amide bonds. The maximum Gasteiger partial charge on any atom is 0.0868 e. The minimum atomic E-state index is -0.127. The standard InChI is InChI=1S/C14H16O/c1-14(15-2)10-8-13(9-11-14)12-6-4-3-5-7-12/h3-10H,11H2,1-2H3. The predicted octanol–water partition coefficient (Wildman–Crippen LogP) is 3.44. The highest BCUT2D eigenvalue weighted by Gasteiger charge is 2.21. The molecule has 0 saturated carbocycles. The molecule has 1 heteroatoms. The molecule has 0 bridgehead atoms. The minimum absolute atomic E-state index is 0.127. The quantitative estimate of drug-likeness (QED) is 0.710. The van der Waals surface area contributed by atoms with E-state index in [-0.39, 0.29) is 5.60 Å². The van der Waals surface area contributed by atoms with Crippen LogP contribution in [-0.2, 0) is 4.74 Å². The van der Waals surface area contributed by atoms with Gasteiger partial charge in [-0.15, -0.1) is 0 Å². The highest BCUT2D eigenvalue weighted by atomic mass is 16.5. The van der Waals surface area contributed by atoms with Crippen molar-refractivity contribution in [2.24, 2.45) is 0 Å². The van der Waals surface area contributed by atoms with Gasteiger partial charge < -0.3 is 4.74 Å². The summed E-state index contributed by atoms with van der Waals surface area (Å²) in [6, 6.07) is 10.4. The summed E-state index contributed by atoms with van der Waals surface area (Å²) < 4.78 is 5.43. The van der Waals surface area contributed by atoms with Gasteiger partial charge in [-0.25, -0.2) is 0 Å². The summed E-state index contributed by atoms with van der Waals surface area (Å²) in [7, 11) is 1.76. The molecule has 2 rings (SSSR count). The highest BCUT2D eigenvalue weighted by molar-refractivity contribution is 5.75. The number of benzene rings is 1. The number of rotatable bonds is 2. The minimum Gasteiger partial charge on any atom is -0.374 e. The fraction of sp³-hybridized carbons (Fsp3) is 0.286. The van der Waals surface area contributed by atoms with Gasteiger partial charge in [0.05, 0.1) is 5.60 Å². The van der Waals surface area contributed by atoms with Crippen molar-refractivity contribution >= 4 is 5.57 Å². The van der Waals surface area contributed by atoms with E-state index in [1.807, 2.05) is 6.07 Å². The normalized spacial score (nSPS) is 25.1. The summed E-state index contributed by atoms with van der Waals surface area (Å²) in [4.78, 5) is 0. The molecule has 1 atom stereocenters. The Kier molecular flexibility index (Phi) is 2.74. The molecule has 0 saturated heterocycles. The van der Waals surface area contributed by atoms with Crippen molar-refractivity contribution in [3.05, 3.63) is 54.1 Å². The lowest BCUT2D eigenvalue weighted by Crippen LogP contribution is -2.24. The van der Waals surface area contributed by atoms with Gasteiger partial charge in [0.25, 0.3) is 0 Å². The van der Waals surface area contributed by atoms with Crippen LogP contribution in [0.4, 0.5) is 0 Å². The van der Waals surface area contributed by atoms with E-state index in [2.05, 4.69) is 49.4 Å². The van der Waals surface area contributed by atoms with Crippen LogP contribution in [0.1, 0.15) is 18.9 Å². The number of ether oxygens (including phenoxy) is 1. The van der Waals surface area contributed by atoms with Gasteiger partial charge in [-0.1, -0.05) is 48.6 Å². The van der Waals surface area contributed by atoms with Gasteiger partial charge in [0.1, 0.15) is 0 Å². The molecule has 1 aromatic carbocycles. The van der Waals surface area contributed by atoms with Crippen LogP contribution in [0.5, 0.6) is 0 Å². The first kappa shape index (κ1) is 10.2. The van der Waals surface area contributed by atoms with E-state index in [4.69, 9.17) is 4.74 Å². The first-order valence-corrected chi connectivity index (χ1v) is 5.23. The molecule has 0 spiro atoms. The second-order valence-corrected chi connectivity index (χ2v) is 4.08. The lowest BCUT2D eigenvalue weighted by Gasteiger charge is -2.26. The lowest BCUT2D eigenvalue weighted by molar-refractivity contribution is 0.0508. The first-order valence-electron chi connectivity index (χ1n) is 5.23. The van der Waals surface area contributed by atoms with E-state index in [9.17, 15) is 0 Å². The Morgan fingerprint density at radius 1 is 1.20 bits per heavy atom. The summed E-state index contributed by atoms with van der Waals surface area (Å²) in [5, 5.41) is 0. The van der Waals surface area contributed by atoms with Crippen LogP contribution in [0.15, 0.2) is 48.6 Å². The molecule has 1 unspecified atom stereocenters. The van der Waals surface area contributed by atoms with Gasteiger partial charge in [-0.05, 0) is 24.5 Å². The zero-order chi connectivity index (χ0) is 10.7. The van der Waals surface area contributed by atoms with Crippen LogP contribution in [0.2, 0.25) is 0 Å². The molecular formula is C14H16O. The average molecular weight is 200 g/mol. The molecular weight excluding hydrogens is 184 g/mol. The van der Waals surface area contributed by atoms with Gasteiger partial charge in [-0.3, -0.25) is 0 Å². The molecule has 1 aromatic rings. The van der Waals surface area contributed by atoms with E-state index in [0.29, 0.717) is 0 Å². The molecule has 1 aliphatic rings. The monoisotopic (exact) mass is 200 g/mol. The second-order valence-electron chi connectivity index (χ2n) is 4.08. The summed E-state index contributed by atoms with van der Waals surface area (Å²) in [6.07, 6.45) is 7.45. The maximum absolute atomic E-state index is 5.43. The fourth-order valence-corrected chi connectivity index (χ4v) is 1.71. The van der Waals surface area contributed by atoms with Crippen molar-refractivity contribution in [2.75, 3.05) is 7.11 Å². The van der Waals surface area contributed by atoms with E-state index in [1.54, 1.807) is 7.11 Å². The number of hydrogen-bond acceptors (Lipinski definition) is 1. The van der Waals surface area contributed by atoms with Gasteiger partial charge in [0.15, 0.2) is 0 Å². The Labute approximate surface area is 91.1 Å². The van der Waals surface area contributed by atoms with Crippen molar-refractivity contribution in [3.8, 4) is 0 Å². The topological polar surface area (TPSA) is 9.23 Å². The molecule has 0 fully saturated rings. The van der Waals surface area contributed by atoms with Crippen LogP contribution >= 0.6 is 0 Å².